The Kier molecular flexibility index (Phi) is 4.22. The number of hydrogen-bond acceptors (Lipinski definition) is 3. The normalized spacial score (nSPS) is 16.3. The number of hydrogen-bond donors (Lipinski definition) is 1. The topological polar surface area (TPSA) is 46.5 Å². The van der Waals surface area contributed by atoms with Crippen LogP contribution in [0.2, 0.25) is 0 Å². The lowest BCUT2D eigenvalue weighted by Crippen LogP contribution is -2.05. The summed E-state index contributed by atoms with van der Waals surface area (Å²) in [6.45, 7) is 0.656. The van der Waals surface area contributed by atoms with E-state index in [9.17, 15) is 9.90 Å². The van der Waals surface area contributed by atoms with Gasteiger partial charge in [0.1, 0.15) is 5.75 Å². The summed E-state index contributed by atoms with van der Waals surface area (Å²) in [5, 5.41) is 9.25. The summed E-state index contributed by atoms with van der Waals surface area (Å²) >= 11 is 4.95. The van der Waals surface area contributed by atoms with Crippen LogP contribution < -0.4 is 4.74 Å². The lowest BCUT2D eigenvalue weighted by atomic mass is 10.0. The van der Waals surface area contributed by atoms with Crippen molar-refractivity contribution in [2.24, 2.45) is 0 Å². The summed E-state index contributed by atoms with van der Waals surface area (Å²) in [5.41, 5.74) is 1.55. The van der Waals surface area contributed by atoms with Gasteiger partial charge in [-0.3, -0.25) is 0 Å². The molecule has 1 heterocycles. The number of carboxylic acids is 1. The van der Waals surface area contributed by atoms with Crippen molar-refractivity contribution >= 4 is 33.7 Å². The van der Waals surface area contributed by atoms with Crippen LogP contribution in [-0.4, -0.2) is 23.4 Å². The van der Waals surface area contributed by atoms with Gasteiger partial charge in [0.25, 0.3) is 0 Å². The Bertz CT molecular complexity index is 687. The Morgan fingerprint density at radius 1 is 1.33 bits per heavy atom. The molecular formula is C16H13BrO3S. The van der Waals surface area contributed by atoms with Gasteiger partial charge < -0.3 is 9.84 Å². The van der Waals surface area contributed by atoms with E-state index in [1.54, 1.807) is 23.9 Å². The second kappa shape index (κ2) is 6.12. The molecule has 0 radical (unpaired) electrons. The van der Waals surface area contributed by atoms with Crippen LogP contribution in [0.15, 0.2) is 51.8 Å². The van der Waals surface area contributed by atoms with Gasteiger partial charge in [-0.2, -0.15) is 0 Å². The summed E-state index contributed by atoms with van der Waals surface area (Å²) in [5.74, 6) is 1.14. The van der Waals surface area contributed by atoms with Crippen LogP contribution in [0.1, 0.15) is 21.8 Å². The quantitative estimate of drug-likeness (QED) is 0.815. The molecule has 0 spiro atoms. The zero-order valence-electron chi connectivity index (χ0n) is 11.1. The smallest absolute Gasteiger partial charge is 0.336 e. The summed E-state index contributed by atoms with van der Waals surface area (Å²) < 4.78 is 6.55. The molecule has 1 atom stereocenters. The highest BCUT2D eigenvalue weighted by Crippen LogP contribution is 2.38. The van der Waals surface area contributed by atoms with E-state index in [1.807, 2.05) is 24.3 Å². The summed E-state index contributed by atoms with van der Waals surface area (Å²) in [6, 6.07) is 13.3. The highest BCUT2D eigenvalue weighted by Gasteiger charge is 2.24. The standard InChI is InChI=1S/C16H13BrO3S/c17-11-5-6-13(16(18)19)15(7-11)21-9-10-8-20-14-4-2-1-3-12(10)14/h1-7,10H,8-9H2,(H,18,19). The van der Waals surface area contributed by atoms with Crippen molar-refractivity contribution in [3.8, 4) is 5.75 Å². The molecule has 1 aliphatic rings. The molecule has 0 saturated heterocycles. The molecule has 1 unspecified atom stereocenters. The summed E-state index contributed by atoms with van der Waals surface area (Å²) in [4.78, 5) is 12.1. The van der Waals surface area contributed by atoms with Crippen molar-refractivity contribution < 1.29 is 14.6 Å². The van der Waals surface area contributed by atoms with E-state index in [1.165, 1.54) is 5.56 Å². The number of para-hydroxylation sites is 1. The van der Waals surface area contributed by atoms with Crippen LogP contribution in [-0.2, 0) is 0 Å². The predicted molar refractivity (Wildman–Crippen MR) is 86.5 cm³/mol. The fourth-order valence-corrected chi connectivity index (χ4v) is 4.04. The molecule has 5 heteroatoms. The van der Waals surface area contributed by atoms with Crippen LogP contribution in [0.25, 0.3) is 0 Å². The number of ether oxygens (including phenoxy) is 1. The summed E-state index contributed by atoms with van der Waals surface area (Å²) in [6.07, 6.45) is 0. The fraction of sp³-hybridized carbons (Fsp3) is 0.188. The molecule has 2 aromatic carbocycles. The Morgan fingerprint density at radius 2 is 2.14 bits per heavy atom. The summed E-state index contributed by atoms with van der Waals surface area (Å²) in [7, 11) is 0. The van der Waals surface area contributed by atoms with E-state index in [-0.39, 0.29) is 0 Å². The zero-order chi connectivity index (χ0) is 14.8. The van der Waals surface area contributed by atoms with Crippen LogP contribution in [0, 0.1) is 0 Å². The molecule has 3 nitrogen and oxygen atoms in total. The predicted octanol–water partition coefficient (Wildman–Crippen LogP) is 4.42. The Balaban J connectivity index is 1.77. The molecule has 1 N–H and O–H groups in total. The largest absolute Gasteiger partial charge is 0.493 e. The Labute approximate surface area is 135 Å². The molecule has 0 aliphatic carbocycles. The van der Waals surface area contributed by atoms with E-state index in [0.29, 0.717) is 18.1 Å². The van der Waals surface area contributed by atoms with Gasteiger partial charge in [0.05, 0.1) is 12.2 Å². The molecule has 108 valence electrons. The number of thioether (sulfide) groups is 1. The maximum Gasteiger partial charge on any atom is 0.336 e. The number of fused-ring (bicyclic) bond motifs is 1. The lowest BCUT2D eigenvalue weighted by molar-refractivity contribution is 0.0693. The number of aromatic carboxylic acids is 1. The molecular weight excluding hydrogens is 352 g/mol. The first-order chi connectivity index (χ1) is 10.1. The lowest BCUT2D eigenvalue weighted by Gasteiger charge is -2.10. The van der Waals surface area contributed by atoms with Crippen LogP contribution in [0.3, 0.4) is 0 Å². The highest BCUT2D eigenvalue weighted by atomic mass is 79.9. The highest BCUT2D eigenvalue weighted by molar-refractivity contribution is 9.10. The third kappa shape index (κ3) is 3.09. The minimum atomic E-state index is -0.895. The Morgan fingerprint density at radius 3 is 2.95 bits per heavy atom. The third-order valence-electron chi connectivity index (χ3n) is 3.41. The van der Waals surface area contributed by atoms with Crippen molar-refractivity contribution in [2.75, 3.05) is 12.4 Å². The van der Waals surface area contributed by atoms with Gasteiger partial charge in [-0.05, 0) is 24.3 Å². The first-order valence-electron chi connectivity index (χ1n) is 6.52. The number of carboxylic acid groups (broad SMARTS) is 1. The first-order valence-corrected chi connectivity index (χ1v) is 8.30. The monoisotopic (exact) mass is 364 g/mol. The number of rotatable bonds is 4. The van der Waals surface area contributed by atoms with Gasteiger partial charge in [0, 0.05) is 26.6 Å². The van der Waals surface area contributed by atoms with E-state index in [4.69, 9.17) is 4.74 Å². The molecule has 21 heavy (non-hydrogen) atoms. The van der Waals surface area contributed by atoms with Gasteiger partial charge in [-0.25, -0.2) is 4.79 Å². The maximum atomic E-state index is 11.3. The number of halogens is 1. The first kappa shape index (κ1) is 14.5. The van der Waals surface area contributed by atoms with Crippen molar-refractivity contribution in [1.29, 1.82) is 0 Å². The van der Waals surface area contributed by atoms with Gasteiger partial charge in [0.15, 0.2) is 0 Å². The molecule has 0 fully saturated rings. The van der Waals surface area contributed by atoms with Gasteiger partial charge in [-0.1, -0.05) is 34.1 Å². The molecule has 2 aromatic rings. The van der Waals surface area contributed by atoms with Crippen LogP contribution in [0.5, 0.6) is 5.75 Å². The number of carbonyl (C=O) groups is 1. The van der Waals surface area contributed by atoms with E-state index in [0.717, 1.165) is 20.9 Å². The number of benzene rings is 2. The van der Waals surface area contributed by atoms with E-state index >= 15 is 0 Å². The Hall–Kier alpha value is -1.46. The van der Waals surface area contributed by atoms with Gasteiger partial charge in [-0.15, -0.1) is 11.8 Å². The molecule has 0 bridgehead atoms. The van der Waals surface area contributed by atoms with Crippen molar-refractivity contribution in [3.05, 3.63) is 58.1 Å². The zero-order valence-corrected chi connectivity index (χ0v) is 13.5. The van der Waals surface area contributed by atoms with Crippen molar-refractivity contribution in [2.45, 2.75) is 10.8 Å². The van der Waals surface area contributed by atoms with Crippen molar-refractivity contribution in [3.63, 3.8) is 0 Å². The van der Waals surface area contributed by atoms with Gasteiger partial charge >= 0.3 is 5.97 Å². The second-order valence-corrected chi connectivity index (χ2v) is 6.78. The van der Waals surface area contributed by atoms with Crippen LogP contribution >= 0.6 is 27.7 Å². The average Bonchev–Trinajstić information content (AvgIpc) is 2.88. The van der Waals surface area contributed by atoms with Crippen LogP contribution in [0.4, 0.5) is 0 Å². The second-order valence-electron chi connectivity index (χ2n) is 4.80. The molecule has 0 amide bonds. The third-order valence-corrected chi connectivity index (χ3v) is 5.12. The van der Waals surface area contributed by atoms with Crippen molar-refractivity contribution in [1.82, 2.24) is 0 Å². The minimum absolute atomic E-state index is 0.298. The maximum absolute atomic E-state index is 11.3. The van der Waals surface area contributed by atoms with E-state index in [2.05, 4.69) is 22.0 Å². The molecule has 0 aromatic heterocycles. The fourth-order valence-electron chi connectivity index (χ4n) is 2.35. The molecule has 3 rings (SSSR count). The minimum Gasteiger partial charge on any atom is -0.493 e. The molecule has 0 saturated carbocycles. The average molecular weight is 365 g/mol. The SMILES string of the molecule is O=C(O)c1ccc(Br)cc1SCC1COc2ccccc21. The van der Waals surface area contributed by atoms with E-state index < -0.39 is 5.97 Å². The van der Waals surface area contributed by atoms with Gasteiger partial charge in [0.2, 0.25) is 0 Å². The molecule has 1 aliphatic heterocycles.